The van der Waals surface area contributed by atoms with E-state index in [-0.39, 0.29) is 36.2 Å². The van der Waals surface area contributed by atoms with Crippen LogP contribution in [0.25, 0.3) is 11.0 Å². The summed E-state index contributed by atoms with van der Waals surface area (Å²) in [5.41, 5.74) is 1.21. The highest BCUT2D eigenvalue weighted by Crippen LogP contribution is 2.43. The normalized spacial score (nSPS) is 18.0. The molecule has 2 N–H and O–H groups in total. The Morgan fingerprint density at radius 3 is 2.18 bits per heavy atom. The summed E-state index contributed by atoms with van der Waals surface area (Å²) in [4.78, 5) is 44.1. The van der Waals surface area contributed by atoms with Gasteiger partial charge >= 0.3 is 8.25 Å². The zero-order valence-electron chi connectivity index (χ0n) is 27.9. The number of amides is 1. The van der Waals surface area contributed by atoms with Crippen molar-refractivity contribution in [1.29, 1.82) is 0 Å². The lowest BCUT2D eigenvalue weighted by Crippen LogP contribution is -2.38. The van der Waals surface area contributed by atoms with Crippen LogP contribution in [0, 0.1) is 5.92 Å². The summed E-state index contributed by atoms with van der Waals surface area (Å²) in [6.45, 7) is 3.38. The summed E-state index contributed by atoms with van der Waals surface area (Å²) >= 11 is 0. The molecule has 1 aliphatic heterocycles. The Balaban J connectivity index is 1.38. The Labute approximate surface area is 289 Å². The topological polar surface area (TPSA) is 166 Å². The van der Waals surface area contributed by atoms with Gasteiger partial charge in [0.1, 0.15) is 41.4 Å². The molecule has 14 heteroatoms. The quantitative estimate of drug-likeness (QED) is 0.126. The van der Waals surface area contributed by atoms with Gasteiger partial charge in [-0.3, -0.25) is 9.59 Å². The van der Waals surface area contributed by atoms with Gasteiger partial charge in [-0.2, -0.15) is 0 Å². The van der Waals surface area contributed by atoms with Gasteiger partial charge in [0.05, 0.1) is 32.7 Å². The average molecular weight is 701 g/mol. The molecule has 0 radical (unpaired) electrons. The van der Waals surface area contributed by atoms with Crippen molar-refractivity contribution < 1.29 is 37.7 Å². The van der Waals surface area contributed by atoms with E-state index in [9.17, 15) is 19.0 Å². The molecule has 260 valence electrons. The number of nitrogens with one attached hydrogen (secondary N) is 2. The number of rotatable bonds is 13. The summed E-state index contributed by atoms with van der Waals surface area (Å²) in [5.74, 6) is 0.937. The minimum absolute atomic E-state index is 0.0970. The maximum absolute atomic E-state index is 12.9. The fraction of sp³-hybridized carbons (Fsp3) is 0.306. The minimum atomic E-state index is -3.25. The number of aromatic amines is 1. The minimum Gasteiger partial charge on any atom is -0.566 e. The molecule has 4 atom stereocenters. The Kier molecular flexibility index (Phi) is 10.4. The van der Waals surface area contributed by atoms with Crippen LogP contribution in [-0.2, 0) is 29.0 Å². The van der Waals surface area contributed by atoms with Crippen molar-refractivity contribution in [1.82, 2.24) is 14.5 Å². The number of pyridine rings is 1. The van der Waals surface area contributed by atoms with Crippen LogP contribution < -0.4 is 25.2 Å². The van der Waals surface area contributed by atoms with E-state index >= 15 is 0 Å². The molecule has 13 nitrogen and oxygen atoms in total. The van der Waals surface area contributed by atoms with Crippen LogP contribution in [-0.4, -0.2) is 53.5 Å². The van der Waals surface area contributed by atoms with Gasteiger partial charge in [0.15, 0.2) is 5.52 Å². The fourth-order valence-electron chi connectivity index (χ4n) is 6.14. The fourth-order valence-corrected chi connectivity index (χ4v) is 6.58. The second-order valence-electron chi connectivity index (χ2n) is 12.1. The maximum Gasteiger partial charge on any atom is 0.488 e. The number of aromatic nitrogens is 3. The number of anilines is 1. The Morgan fingerprint density at radius 2 is 1.62 bits per heavy atom. The molecule has 0 bridgehead atoms. The summed E-state index contributed by atoms with van der Waals surface area (Å²) in [7, 11) is -0.0609. The molecule has 3 heterocycles. The predicted molar refractivity (Wildman–Crippen MR) is 183 cm³/mol. The van der Waals surface area contributed by atoms with Crippen LogP contribution in [0.3, 0.4) is 0 Å². The number of hydrogen-bond acceptors (Lipinski definition) is 10. The molecule has 1 saturated heterocycles. The summed E-state index contributed by atoms with van der Waals surface area (Å²) < 4.78 is 43.3. The first-order chi connectivity index (χ1) is 24.1. The number of ether oxygens (including phenoxy) is 4. The number of carbonyl (C=O) groups is 1. The largest absolute Gasteiger partial charge is 0.566 e. The molecule has 0 aliphatic carbocycles. The van der Waals surface area contributed by atoms with Gasteiger partial charge < -0.3 is 38.7 Å². The summed E-state index contributed by atoms with van der Waals surface area (Å²) in [6.07, 6.45) is -1.03. The predicted octanol–water partition coefficient (Wildman–Crippen LogP) is 5.04. The second-order valence-corrected chi connectivity index (χ2v) is 12.7. The molecule has 3 aromatic carbocycles. The van der Waals surface area contributed by atoms with Crippen LogP contribution in [0.15, 0.2) is 96.1 Å². The van der Waals surface area contributed by atoms with E-state index in [1.807, 2.05) is 78.9 Å². The summed E-state index contributed by atoms with van der Waals surface area (Å²) in [5, 5.41) is 2.71. The third kappa shape index (κ3) is 7.05. The SMILES string of the molecule is COc1ccc(C(OC[C@H]2O[C@@H](n3cnc4c(=O)[nH]c(NC(=O)C(C)C)cc43)C[C@@H]2O[P+](=O)[O-])(c2ccccc2)c2ccc(OC)cc2)cc1. The summed E-state index contributed by atoms with van der Waals surface area (Å²) in [6, 6.07) is 26.3. The molecule has 0 saturated carbocycles. The van der Waals surface area contributed by atoms with Crippen molar-refractivity contribution in [2.24, 2.45) is 5.92 Å². The van der Waals surface area contributed by atoms with E-state index < -0.39 is 37.9 Å². The number of benzene rings is 3. The molecule has 1 fully saturated rings. The molecule has 5 aromatic rings. The van der Waals surface area contributed by atoms with Crippen molar-refractivity contribution >= 4 is 31.0 Å². The molecule has 1 amide bonds. The van der Waals surface area contributed by atoms with Crippen molar-refractivity contribution in [3.8, 4) is 11.5 Å². The molecule has 50 heavy (non-hydrogen) atoms. The smallest absolute Gasteiger partial charge is 0.488 e. The van der Waals surface area contributed by atoms with E-state index in [0.717, 1.165) is 16.7 Å². The molecule has 0 spiro atoms. The van der Waals surface area contributed by atoms with Gasteiger partial charge in [-0.25, -0.2) is 4.98 Å². The highest BCUT2D eigenvalue weighted by molar-refractivity contribution is 7.30. The first kappa shape index (κ1) is 34.9. The number of fused-ring (bicyclic) bond motifs is 1. The highest BCUT2D eigenvalue weighted by atomic mass is 31.1. The standard InChI is InChI=1S/C36H37N4O9P/c1-22(2)34(41)38-31-18-28-33(35(42)39-31)37-21-40(28)32-19-29(49-50(43)44)30(48-32)20-47-36(23-8-6-5-7-9-23,24-10-14-26(45-3)15-11-24)25-12-16-27(46-4)17-13-25/h5-18,21-22,29-30,32H,19-20H2,1-4H3,(H2,38,39,41,42)/t29-,30+,32+/m0/s1. The van der Waals surface area contributed by atoms with Crippen LogP contribution in [0.1, 0.15) is 43.2 Å². The van der Waals surface area contributed by atoms with Crippen molar-refractivity contribution in [2.75, 3.05) is 26.1 Å². The number of methoxy groups -OCH3 is 2. The molecule has 1 aliphatic rings. The van der Waals surface area contributed by atoms with E-state index in [4.69, 9.17) is 23.5 Å². The zero-order valence-corrected chi connectivity index (χ0v) is 28.8. The molecule has 6 rings (SSSR count). The highest BCUT2D eigenvalue weighted by Gasteiger charge is 2.45. The number of carbonyl (C=O) groups excluding carboxylic acids is 1. The van der Waals surface area contributed by atoms with E-state index in [1.54, 1.807) is 38.7 Å². The van der Waals surface area contributed by atoms with Crippen molar-refractivity contribution in [3.63, 3.8) is 0 Å². The van der Waals surface area contributed by atoms with Gasteiger partial charge in [-0.15, -0.1) is 4.52 Å². The number of nitrogens with zero attached hydrogens (tertiary/aromatic N) is 2. The van der Waals surface area contributed by atoms with E-state index in [1.165, 1.54) is 6.33 Å². The van der Waals surface area contributed by atoms with E-state index in [2.05, 4.69) is 15.3 Å². The lowest BCUT2D eigenvalue weighted by atomic mass is 9.80. The number of imidazole rings is 1. The molecule has 1 unspecified atom stereocenters. The van der Waals surface area contributed by atoms with Gasteiger partial charge in [-0.05, 0) is 45.5 Å². The monoisotopic (exact) mass is 700 g/mol. The van der Waals surface area contributed by atoms with Crippen molar-refractivity contribution in [2.45, 2.75) is 44.3 Å². The lowest BCUT2D eigenvalue weighted by molar-refractivity contribution is -0.192. The average Bonchev–Trinajstić information content (AvgIpc) is 3.73. The third-order valence-corrected chi connectivity index (χ3v) is 9.15. The van der Waals surface area contributed by atoms with Gasteiger partial charge in [0.25, 0.3) is 5.56 Å². The molecule has 2 aromatic heterocycles. The molecular formula is C36H37N4O9P. The van der Waals surface area contributed by atoms with Gasteiger partial charge in [0.2, 0.25) is 5.91 Å². The number of H-pyrrole nitrogens is 1. The first-order valence-corrected chi connectivity index (χ1v) is 17.1. The maximum atomic E-state index is 12.9. The van der Waals surface area contributed by atoms with Crippen LogP contribution >= 0.6 is 8.25 Å². The molecular weight excluding hydrogens is 663 g/mol. The van der Waals surface area contributed by atoms with Crippen LogP contribution in [0.2, 0.25) is 0 Å². The van der Waals surface area contributed by atoms with Crippen molar-refractivity contribution in [3.05, 3.63) is 118 Å². The Bertz CT molecular complexity index is 1970. The zero-order chi connectivity index (χ0) is 35.4. The number of hydrogen-bond donors (Lipinski definition) is 2. The third-order valence-electron chi connectivity index (χ3n) is 8.71. The Hall–Kier alpha value is -4.91. The van der Waals surface area contributed by atoms with Crippen LogP contribution in [0.4, 0.5) is 5.82 Å². The van der Waals surface area contributed by atoms with E-state index in [0.29, 0.717) is 17.0 Å². The Morgan fingerprint density at radius 1 is 1.02 bits per heavy atom. The van der Waals surface area contributed by atoms with Gasteiger partial charge in [0, 0.05) is 18.4 Å². The van der Waals surface area contributed by atoms with Crippen LogP contribution in [0.5, 0.6) is 11.5 Å². The lowest BCUT2D eigenvalue weighted by Gasteiger charge is -2.37. The first-order valence-electron chi connectivity index (χ1n) is 16.0. The second kappa shape index (κ2) is 14.9. The van der Waals surface area contributed by atoms with Gasteiger partial charge in [-0.1, -0.05) is 68.4 Å².